The van der Waals surface area contributed by atoms with Gasteiger partial charge in [0.1, 0.15) is 11.7 Å². The molecule has 124 valence electrons. The molecule has 2 amide bonds. The number of anilines is 1. The van der Waals surface area contributed by atoms with E-state index in [-0.39, 0.29) is 5.02 Å². The summed E-state index contributed by atoms with van der Waals surface area (Å²) in [6.07, 6.45) is 1.74. The van der Waals surface area contributed by atoms with Crippen molar-refractivity contribution in [3.63, 3.8) is 0 Å². The van der Waals surface area contributed by atoms with Crippen LogP contribution < -0.4 is 5.32 Å². The Kier molecular flexibility index (Phi) is 5.11. The number of rotatable bonds is 3. The minimum Gasteiger partial charge on any atom is -0.356 e. The van der Waals surface area contributed by atoms with Gasteiger partial charge < -0.3 is 10.2 Å². The normalized spacial score (nSPS) is 15.8. The van der Waals surface area contributed by atoms with Gasteiger partial charge in [-0.15, -0.1) is 0 Å². The van der Waals surface area contributed by atoms with Crippen molar-refractivity contribution in [2.45, 2.75) is 19.4 Å². The van der Waals surface area contributed by atoms with E-state index in [1.165, 1.54) is 23.8 Å². The molecule has 1 aliphatic rings. The fraction of sp³-hybridized carbons (Fsp3) is 0.222. The number of nitrogens with one attached hydrogen (secondary N) is 1. The van der Waals surface area contributed by atoms with Crippen LogP contribution in [0.2, 0.25) is 5.02 Å². The van der Waals surface area contributed by atoms with Gasteiger partial charge in [0.15, 0.2) is 0 Å². The molecule has 0 saturated carbocycles. The van der Waals surface area contributed by atoms with Gasteiger partial charge in [-0.25, -0.2) is 9.18 Å². The largest absolute Gasteiger partial charge is 0.356 e. The number of nitrogens with zero attached hydrogens (tertiary/aromatic N) is 2. The molecule has 0 aliphatic carbocycles. The number of hydrogen-bond acceptors (Lipinski definition) is 1. The van der Waals surface area contributed by atoms with Gasteiger partial charge in [0.25, 0.3) is 0 Å². The number of urea groups is 1. The molecule has 3 rings (SSSR count). The van der Waals surface area contributed by atoms with Gasteiger partial charge >= 0.3 is 6.03 Å². The maximum Gasteiger partial charge on any atom is 0.347 e. The highest BCUT2D eigenvalue weighted by molar-refractivity contribution is 6.31. The minimum atomic E-state index is -0.522. The van der Waals surface area contributed by atoms with Gasteiger partial charge in [0.2, 0.25) is 0 Å². The number of carbonyl (C=O) groups excluding carboxylic acids is 1. The third kappa shape index (κ3) is 4.11. The van der Waals surface area contributed by atoms with Crippen LogP contribution in [0, 0.1) is 5.82 Å². The Balaban J connectivity index is 1.67. The second kappa shape index (κ2) is 7.45. The number of likely N-dealkylation sites (tertiary alicyclic amines) is 1. The zero-order valence-electron chi connectivity index (χ0n) is 13.0. The summed E-state index contributed by atoms with van der Waals surface area (Å²) >= 11 is 5.71. The van der Waals surface area contributed by atoms with Crippen LogP contribution in [-0.4, -0.2) is 23.3 Å². The van der Waals surface area contributed by atoms with Crippen LogP contribution in [0.3, 0.4) is 0 Å². The lowest BCUT2D eigenvalue weighted by atomic mass is 10.2. The molecule has 2 aromatic rings. The second-order valence-corrected chi connectivity index (χ2v) is 6.00. The molecule has 1 heterocycles. The number of benzene rings is 2. The third-order valence-electron chi connectivity index (χ3n) is 3.81. The van der Waals surface area contributed by atoms with Gasteiger partial charge in [-0.1, -0.05) is 41.9 Å². The molecule has 1 aliphatic heterocycles. The molecule has 0 bridgehead atoms. The first kappa shape index (κ1) is 16.5. The van der Waals surface area contributed by atoms with E-state index in [1.54, 1.807) is 0 Å². The predicted octanol–water partition coefficient (Wildman–Crippen LogP) is 4.71. The lowest BCUT2D eigenvalue weighted by Crippen LogP contribution is -2.26. The summed E-state index contributed by atoms with van der Waals surface area (Å²) in [5, 5.41) is 2.58. The maximum absolute atomic E-state index is 13.1. The van der Waals surface area contributed by atoms with Gasteiger partial charge in [-0.2, -0.15) is 4.99 Å². The number of carbonyl (C=O) groups is 1. The van der Waals surface area contributed by atoms with E-state index >= 15 is 0 Å². The molecule has 0 aromatic heterocycles. The quantitative estimate of drug-likeness (QED) is 0.875. The van der Waals surface area contributed by atoms with Crippen LogP contribution in [0.1, 0.15) is 18.4 Å². The van der Waals surface area contributed by atoms with Crippen LogP contribution in [0.5, 0.6) is 0 Å². The Hall–Kier alpha value is -2.40. The lowest BCUT2D eigenvalue weighted by Gasteiger charge is -2.18. The highest BCUT2D eigenvalue weighted by Gasteiger charge is 2.20. The third-order valence-corrected chi connectivity index (χ3v) is 4.10. The molecule has 1 N–H and O–H groups in total. The van der Waals surface area contributed by atoms with Crippen molar-refractivity contribution in [2.24, 2.45) is 4.99 Å². The number of amidine groups is 1. The van der Waals surface area contributed by atoms with Crippen molar-refractivity contribution in [1.29, 1.82) is 0 Å². The van der Waals surface area contributed by atoms with Gasteiger partial charge in [-0.3, -0.25) is 0 Å². The highest BCUT2D eigenvalue weighted by Crippen LogP contribution is 2.20. The van der Waals surface area contributed by atoms with E-state index in [2.05, 4.69) is 27.3 Å². The van der Waals surface area contributed by atoms with Crippen LogP contribution in [0.25, 0.3) is 0 Å². The van der Waals surface area contributed by atoms with Crippen LogP contribution in [0.15, 0.2) is 53.5 Å². The van der Waals surface area contributed by atoms with E-state index in [4.69, 9.17) is 11.6 Å². The fourth-order valence-electron chi connectivity index (χ4n) is 2.66. The van der Waals surface area contributed by atoms with Gasteiger partial charge in [0.05, 0.1) is 5.02 Å². The number of halogens is 2. The summed E-state index contributed by atoms with van der Waals surface area (Å²) in [7, 11) is 0. The van der Waals surface area contributed by atoms with Gasteiger partial charge in [0, 0.05) is 25.2 Å². The zero-order chi connectivity index (χ0) is 16.9. The number of amides is 2. The van der Waals surface area contributed by atoms with Crippen molar-refractivity contribution in [3.8, 4) is 0 Å². The first-order chi connectivity index (χ1) is 11.6. The topological polar surface area (TPSA) is 44.7 Å². The summed E-state index contributed by atoms with van der Waals surface area (Å²) in [5.74, 6) is 0.246. The lowest BCUT2D eigenvalue weighted by molar-refractivity contribution is 0.259. The Morgan fingerprint density at radius 3 is 2.79 bits per heavy atom. The molecular formula is C18H17ClFN3O. The van der Waals surface area contributed by atoms with Crippen molar-refractivity contribution in [1.82, 2.24) is 4.90 Å². The SMILES string of the molecule is O=C(N=C1CCCN1Cc1ccccc1)Nc1ccc(F)c(Cl)c1. The fourth-order valence-corrected chi connectivity index (χ4v) is 2.84. The van der Waals surface area contributed by atoms with Crippen molar-refractivity contribution in [2.75, 3.05) is 11.9 Å². The average molecular weight is 346 g/mol. The van der Waals surface area contributed by atoms with E-state index < -0.39 is 11.8 Å². The molecule has 1 fully saturated rings. The number of aliphatic imine (C=N–C) groups is 1. The molecule has 4 nitrogen and oxygen atoms in total. The predicted molar refractivity (Wildman–Crippen MR) is 93.9 cm³/mol. The van der Waals surface area contributed by atoms with E-state index in [1.807, 2.05) is 18.2 Å². The molecule has 6 heteroatoms. The summed E-state index contributed by atoms with van der Waals surface area (Å²) in [5.41, 5.74) is 1.60. The van der Waals surface area contributed by atoms with E-state index in [0.29, 0.717) is 5.69 Å². The number of hydrogen-bond donors (Lipinski definition) is 1. The minimum absolute atomic E-state index is 0.0352. The zero-order valence-corrected chi connectivity index (χ0v) is 13.8. The summed E-state index contributed by atoms with van der Waals surface area (Å²) in [6, 6.07) is 13.6. The van der Waals surface area contributed by atoms with Crippen LogP contribution in [0.4, 0.5) is 14.9 Å². The monoisotopic (exact) mass is 345 g/mol. The molecular weight excluding hydrogens is 329 g/mol. The molecule has 0 unspecified atom stereocenters. The Labute approximate surface area is 145 Å². The molecule has 0 spiro atoms. The standard InChI is InChI=1S/C18H17ClFN3O/c19-15-11-14(8-9-16(15)20)21-18(24)22-17-7-4-10-23(17)12-13-5-2-1-3-6-13/h1-3,5-6,8-9,11H,4,7,10,12H2,(H,21,24). The molecule has 0 radical (unpaired) electrons. The van der Waals surface area contributed by atoms with Crippen molar-refractivity contribution in [3.05, 3.63) is 64.9 Å². The molecule has 0 atom stereocenters. The Morgan fingerprint density at radius 1 is 1.25 bits per heavy atom. The summed E-state index contributed by atoms with van der Waals surface area (Å²) < 4.78 is 13.1. The summed E-state index contributed by atoms with van der Waals surface area (Å²) in [6.45, 7) is 1.61. The summed E-state index contributed by atoms with van der Waals surface area (Å²) in [4.78, 5) is 18.4. The van der Waals surface area contributed by atoms with Crippen molar-refractivity contribution >= 4 is 29.2 Å². The van der Waals surface area contributed by atoms with Crippen LogP contribution >= 0.6 is 11.6 Å². The smallest absolute Gasteiger partial charge is 0.347 e. The Bertz CT molecular complexity index is 764. The molecule has 24 heavy (non-hydrogen) atoms. The average Bonchev–Trinajstić information content (AvgIpc) is 2.99. The first-order valence-electron chi connectivity index (χ1n) is 7.74. The molecule has 1 saturated heterocycles. The highest BCUT2D eigenvalue weighted by atomic mass is 35.5. The van der Waals surface area contributed by atoms with E-state index in [0.717, 1.165) is 31.8 Å². The second-order valence-electron chi connectivity index (χ2n) is 5.60. The first-order valence-corrected chi connectivity index (χ1v) is 8.12. The Morgan fingerprint density at radius 2 is 2.04 bits per heavy atom. The van der Waals surface area contributed by atoms with Gasteiger partial charge in [-0.05, 0) is 30.2 Å². The maximum atomic E-state index is 13.1. The van der Waals surface area contributed by atoms with Crippen LogP contribution in [-0.2, 0) is 6.54 Å². The molecule has 2 aromatic carbocycles. The van der Waals surface area contributed by atoms with E-state index in [9.17, 15) is 9.18 Å². The van der Waals surface area contributed by atoms with Crippen molar-refractivity contribution < 1.29 is 9.18 Å².